The number of pyridine rings is 1. The van der Waals surface area contributed by atoms with Crippen molar-refractivity contribution in [3.8, 4) is 0 Å². The zero-order valence-corrected chi connectivity index (χ0v) is 11.9. The maximum atomic E-state index is 5.65. The topological polar surface area (TPSA) is 42.1 Å². The number of aryl methyl sites for hydroxylation is 1. The fourth-order valence-electron chi connectivity index (χ4n) is 1.92. The number of nitrogens with two attached hydrogens (primary N) is 1. The second kappa shape index (κ2) is 5.80. The van der Waals surface area contributed by atoms with E-state index in [1.165, 1.54) is 0 Å². The molecule has 3 nitrogen and oxygen atoms in total. The fraction of sp³-hybridized carbons (Fsp3) is 0.200. The maximum absolute atomic E-state index is 5.65. The molecule has 0 fully saturated rings. The summed E-state index contributed by atoms with van der Waals surface area (Å²) in [6.07, 6.45) is 0. The number of rotatable bonds is 4. The predicted molar refractivity (Wildman–Crippen MR) is 83.4 cm³/mol. The van der Waals surface area contributed by atoms with Crippen molar-refractivity contribution in [2.75, 3.05) is 11.9 Å². The Morgan fingerprint density at radius 2 is 2.00 bits per heavy atom. The molecule has 0 amide bonds. The first-order valence-corrected chi connectivity index (χ1v) is 6.50. The lowest BCUT2D eigenvalue weighted by Gasteiger charge is -2.19. The molecule has 0 saturated heterocycles. The molecule has 98 valence electrons. The van der Waals surface area contributed by atoms with Crippen molar-refractivity contribution in [3.05, 3.63) is 59.3 Å². The standard InChI is InChI=1S/C15H17N3S/c1-11-5-3-8-14(17-11)18(2)10-12-6-4-7-13(9-12)15(16)19/h3-9H,10H2,1-2H3,(H2,16,19). The van der Waals surface area contributed by atoms with Crippen LogP contribution in [0.4, 0.5) is 5.82 Å². The van der Waals surface area contributed by atoms with Gasteiger partial charge in [-0.1, -0.05) is 36.5 Å². The first-order valence-electron chi connectivity index (χ1n) is 6.10. The molecule has 4 heteroatoms. The number of benzene rings is 1. The third-order valence-corrected chi connectivity index (χ3v) is 3.13. The van der Waals surface area contributed by atoms with Crippen molar-refractivity contribution in [3.63, 3.8) is 0 Å². The van der Waals surface area contributed by atoms with E-state index in [1.54, 1.807) is 0 Å². The first-order chi connectivity index (χ1) is 9.06. The SMILES string of the molecule is Cc1cccc(N(C)Cc2cccc(C(N)=S)c2)n1. The van der Waals surface area contributed by atoms with Gasteiger partial charge in [-0.2, -0.15) is 0 Å². The number of thiocarbonyl (C=S) groups is 1. The highest BCUT2D eigenvalue weighted by atomic mass is 32.1. The summed E-state index contributed by atoms with van der Waals surface area (Å²) in [5.41, 5.74) is 8.73. The number of hydrogen-bond donors (Lipinski definition) is 1. The molecule has 19 heavy (non-hydrogen) atoms. The highest BCUT2D eigenvalue weighted by Crippen LogP contribution is 2.14. The molecule has 0 aliphatic rings. The molecule has 0 aliphatic carbocycles. The number of nitrogens with zero attached hydrogens (tertiary/aromatic N) is 2. The Bertz CT molecular complexity index is 595. The van der Waals surface area contributed by atoms with Crippen LogP contribution in [-0.4, -0.2) is 17.0 Å². The fourth-order valence-corrected chi connectivity index (χ4v) is 2.05. The van der Waals surface area contributed by atoms with E-state index in [1.807, 2.05) is 50.4 Å². The molecule has 0 radical (unpaired) electrons. The van der Waals surface area contributed by atoms with Gasteiger partial charge in [-0.05, 0) is 30.7 Å². The summed E-state index contributed by atoms with van der Waals surface area (Å²) in [5, 5.41) is 0. The molecule has 0 unspecified atom stereocenters. The molecule has 0 spiro atoms. The lowest BCUT2D eigenvalue weighted by atomic mass is 10.1. The van der Waals surface area contributed by atoms with Gasteiger partial charge in [0.05, 0.1) is 0 Å². The molecule has 2 aromatic rings. The third-order valence-electron chi connectivity index (χ3n) is 2.90. The van der Waals surface area contributed by atoms with Crippen LogP contribution in [0.3, 0.4) is 0 Å². The second-order valence-corrected chi connectivity index (χ2v) is 5.00. The highest BCUT2D eigenvalue weighted by molar-refractivity contribution is 7.80. The molecule has 0 bridgehead atoms. The molecule has 1 aromatic heterocycles. The van der Waals surface area contributed by atoms with Gasteiger partial charge >= 0.3 is 0 Å². The van der Waals surface area contributed by atoms with Crippen molar-refractivity contribution < 1.29 is 0 Å². The van der Waals surface area contributed by atoms with E-state index in [0.717, 1.165) is 29.2 Å². The van der Waals surface area contributed by atoms with Gasteiger partial charge in [0.25, 0.3) is 0 Å². The van der Waals surface area contributed by atoms with Crippen molar-refractivity contribution in [2.45, 2.75) is 13.5 Å². The Labute approximate surface area is 119 Å². The van der Waals surface area contributed by atoms with Crippen molar-refractivity contribution >= 4 is 23.0 Å². The number of hydrogen-bond acceptors (Lipinski definition) is 3. The van der Waals surface area contributed by atoms with Crippen molar-refractivity contribution in [2.24, 2.45) is 5.73 Å². The summed E-state index contributed by atoms with van der Waals surface area (Å²) in [4.78, 5) is 7.03. The monoisotopic (exact) mass is 271 g/mol. The molecule has 2 N–H and O–H groups in total. The molecule has 0 aliphatic heterocycles. The minimum Gasteiger partial charge on any atom is -0.389 e. The van der Waals surface area contributed by atoms with Gasteiger partial charge in [0.15, 0.2) is 0 Å². The average molecular weight is 271 g/mol. The zero-order chi connectivity index (χ0) is 13.8. The maximum Gasteiger partial charge on any atom is 0.128 e. The summed E-state index contributed by atoms with van der Waals surface area (Å²) in [5.74, 6) is 0.959. The Kier molecular flexibility index (Phi) is 4.12. The van der Waals surface area contributed by atoms with E-state index in [9.17, 15) is 0 Å². The molecule has 0 atom stereocenters. The first kappa shape index (κ1) is 13.5. The van der Waals surface area contributed by atoms with Gasteiger partial charge in [0.2, 0.25) is 0 Å². The Morgan fingerprint density at radius 3 is 2.68 bits per heavy atom. The van der Waals surface area contributed by atoms with Crippen molar-refractivity contribution in [1.29, 1.82) is 0 Å². The Hall–Kier alpha value is -1.94. The van der Waals surface area contributed by atoms with Crippen LogP contribution < -0.4 is 10.6 Å². The van der Waals surface area contributed by atoms with E-state index in [0.29, 0.717) is 4.99 Å². The molecule has 2 rings (SSSR count). The molecular formula is C15H17N3S. The van der Waals surface area contributed by atoms with Gasteiger partial charge in [0.1, 0.15) is 10.8 Å². The minimum absolute atomic E-state index is 0.429. The van der Waals surface area contributed by atoms with Crippen LogP contribution in [0.25, 0.3) is 0 Å². The van der Waals surface area contributed by atoms with Crippen molar-refractivity contribution in [1.82, 2.24) is 4.98 Å². The van der Waals surface area contributed by atoms with Gasteiger partial charge in [-0.25, -0.2) is 4.98 Å². The third kappa shape index (κ3) is 3.51. The number of aromatic nitrogens is 1. The van der Waals surface area contributed by atoms with Gasteiger partial charge in [-0.15, -0.1) is 0 Å². The Balaban J connectivity index is 2.17. The predicted octanol–water partition coefficient (Wildman–Crippen LogP) is 2.66. The van der Waals surface area contributed by atoms with E-state index in [2.05, 4.69) is 16.0 Å². The van der Waals surface area contributed by atoms with Crippen LogP contribution in [0, 0.1) is 6.92 Å². The van der Waals surface area contributed by atoms with Crippen LogP contribution >= 0.6 is 12.2 Å². The molecule has 1 aromatic carbocycles. The highest BCUT2D eigenvalue weighted by Gasteiger charge is 2.05. The summed E-state index contributed by atoms with van der Waals surface area (Å²) in [7, 11) is 2.02. The second-order valence-electron chi connectivity index (χ2n) is 4.56. The summed E-state index contributed by atoms with van der Waals surface area (Å²) in [6.45, 7) is 2.76. The van der Waals surface area contributed by atoms with E-state index >= 15 is 0 Å². The molecule has 0 saturated carbocycles. The van der Waals surface area contributed by atoms with Crippen LogP contribution in [0.2, 0.25) is 0 Å². The zero-order valence-electron chi connectivity index (χ0n) is 11.1. The van der Waals surface area contributed by atoms with Crippen LogP contribution in [0.5, 0.6) is 0 Å². The summed E-state index contributed by atoms with van der Waals surface area (Å²) < 4.78 is 0. The smallest absolute Gasteiger partial charge is 0.128 e. The summed E-state index contributed by atoms with van der Waals surface area (Å²) in [6, 6.07) is 14.0. The van der Waals surface area contributed by atoms with Gasteiger partial charge in [0, 0.05) is 24.8 Å². The van der Waals surface area contributed by atoms with E-state index < -0.39 is 0 Å². The van der Waals surface area contributed by atoms with Gasteiger partial charge in [-0.3, -0.25) is 0 Å². The average Bonchev–Trinajstić information content (AvgIpc) is 2.39. The van der Waals surface area contributed by atoms with E-state index in [4.69, 9.17) is 18.0 Å². The Morgan fingerprint density at radius 1 is 1.26 bits per heavy atom. The quantitative estimate of drug-likeness (QED) is 0.868. The van der Waals surface area contributed by atoms with Crippen LogP contribution in [0.15, 0.2) is 42.5 Å². The number of anilines is 1. The molecule has 1 heterocycles. The largest absolute Gasteiger partial charge is 0.389 e. The minimum atomic E-state index is 0.429. The molecular weight excluding hydrogens is 254 g/mol. The van der Waals surface area contributed by atoms with Crippen LogP contribution in [0.1, 0.15) is 16.8 Å². The van der Waals surface area contributed by atoms with Crippen LogP contribution in [-0.2, 0) is 6.54 Å². The summed E-state index contributed by atoms with van der Waals surface area (Å²) >= 11 is 5.00. The lowest BCUT2D eigenvalue weighted by Crippen LogP contribution is -2.18. The van der Waals surface area contributed by atoms with E-state index in [-0.39, 0.29) is 0 Å². The van der Waals surface area contributed by atoms with Gasteiger partial charge < -0.3 is 10.6 Å². The normalized spacial score (nSPS) is 10.2. The lowest BCUT2D eigenvalue weighted by molar-refractivity contribution is 0.892.